The van der Waals surface area contributed by atoms with Crippen LogP contribution in [0.2, 0.25) is 0 Å². The van der Waals surface area contributed by atoms with Gasteiger partial charge in [-0.15, -0.1) is 0 Å². The minimum Gasteiger partial charge on any atom is -0.490 e. The van der Waals surface area contributed by atoms with Gasteiger partial charge in [0.1, 0.15) is 12.4 Å². The Morgan fingerprint density at radius 2 is 2.04 bits per heavy atom. The summed E-state index contributed by atoms with van der Waals surface area (Å²) >= 11 is 0. The van der Waals surface area contributed by atoms with Crippen LogP contribution >= 0.6 is 0 Å². The summed E-state index contributed by atoms with van der Waals surface area (Å²) in [4.78, 5) is 8.47. The van der Waals surface area contributed by atoms with Crippen molar-refractivity contribution in [3.8, 4) is 5.75 Å². The fourth-order valence-corrected chi connectivity index (χ4v) is 2.56. The molecule has 0 amide bonds. The number of aliphatic hydroxyl groups is 1. The predicted molar refractivity (Wildman–Crippen MR) is 88.3 cm³/mol. The molecule has 0 saturated carbocycles. The van der Waals surface area contributed by atoms with E-state index < -0.39 is 0 Å². The largest absolute Gasteiger partial charge is 0.490 e. The molecule has 2 aromatic rings. The zero-order valence-corrected chi connectivity index (χ0v) is 13.2. The Labute approximate surface area is 136 Å². The van der Waals surface area contributed by atoms with Crippen LogP contribution in [0.15, 0.2) is 36.8 Å². The smallest absolute Gasteiger partial charge is 0.137 e. The van der Waals surface area contributed by atoms with Crippen molar-refractivity contribution >= 4 is 0 Å². The normalized spacial score (nSPS) is 16.8. The minimum absolute atomic E-state index is 0.00484. The Hall–Kier alpha value is -1.98. The molecule has 1 saturated heterocycles. The number of hydrogen-bond acceptors (Lipinski definition) is 5. The summed E-state index contributed by atoms with van der Waals surface area (Å²) in [6, 6.07) is 6.48. The Morgan fingerprint density at radius 3 is 2.74 bits per heavy atom. The standard InChI is InChI=1S/C18H23N3O2/c22-12-16-5-4-14(10-21-16)2-1-3-15-8-18(11-19-9-15)23-13-17-6-7-20-17/h4-5,8-11,17,20,22H,1-3,6-7,12-13H2/t17-/m0/s1. The number of aryl methyl sites for hydroxylation is 2. The van der Waals surface area contributed by atoms with Crippen molar-refractivity contribution in [3.63, 3.8) is 0 Å². The van der Waals surface area contributed by atoms with Gasteiger partial charge >= 0.3 is 0 Å². The Morgan fingerprint density at radius 1 is 1.17 bits per heavy atom. The molecule has 5 heteroatoms. The van der Waals surface area contributed by atoms with Gasteiger partial charge in [-0.3, -0.25) is 9.97 Å². The average Bonchev–Trinajstić information content (AvgIpc) is 2.54. The van der Waals surface area contributed by atoms with Gasteiger partial charge in [0.2, 0.25) is 0 Å². The van der Waals surface area contributed by atoms with Crippen LogP contribution in [0.5, 0.6) is 5.75 Å². The van der Waals surface area contributed by atoms with Crippen LogP contribution in [0.4, 0.5) is 0 Å². The van der Waals surface area contributed by atoms with E-state index in [1.807, 2.05) is 24.5 Å². The van der Waals surface area contributed by atoms with Crippen LogP contribution in [0.1, 0.15) is 29.7 Å². The summed E-state index contributed by atoms with van der Waals surface area (Å²) in [6.07, 6.45) is 9.69. The van der Waals surface area contributed by atoms with Crippen LogP contribution in [-0.4, -0.2) is 34.3 Å². The molecule has 5 nitrogen and oxygen atoms in total. The molecule has 0 aromatic carbocycles. The van der Waals surface area contributed by atoms with Crippen molar-refractivity contribution in [1.82, 2.24) is 15.3 Å². The summed E-state index contributed by atoms with van der Waals surface area (Å²) in [7, 11) is 0. The number of aliphatic hydroxyl groups excluding tert-OH is 1. The molecule has 23 heavy (non-hydrogen) atoms. The summed E-state index contributed by atoms with van der Waals surface area (Å²) < 4.78 is 5.78. The third kappa shape index (κ3) is 4.74. The highest BCUT2D eigenvalue weighted by molar-refractivity contribution is 5.24. The SMILES string of the molecule is OCc1ccc(CCCc2cncc(OC[C@@H]3CCN3)c2)cn1. The number of nitrogens with zero attached hydrogens (tertiary/aromatic N) is 2. The number of nitrogens with one attached hydrogen (secondary N) is 1. The second-order valence-corrected chi connectivity index (χ2v) is 5.95. The molecule has 2 aromatic heterocycles. The van der Waals surface area contributed by atoms with E-state index in [0.717, 1.165) is 31.6 Å². The average molecular weight is 313 g/mol. The topological polar surface area (TPSA) is 67.3 Å². The molecule has 1 fully saturated rings. The molecule has 122 valence electrons. The quantitative estimate of drug-likeness (QED) is 0.779. The molecule has 1 aliphatic heterocycles. The van der Waals surface area contributed by atoms with E-state index >= 15 is 0 Å². The Kier molecular flexibility index (Phi) is 5.56. The Bertz CT molecular complexity index is 612. The van der Waals surface area contributed by atoms with E-state index in [4.69, 9.17) is 9.84 Å². The predicted octanol–water partition coefficient (Wildman–Crippen LogP) is 1.88. The van der Waals surface area contributed by atoms with Gasteiger partial charge in [-0.05, 0) is 55.5 Å². The number of rotatable bonds is 8. The number of pyridine rings is 2. The van der Waals surface area contributed by atoms with Gasteiger partial charge in [0.25, 0.3) is 0 Å². The van der Waals surface area contributed by atoms with Gasteiger partial charge in [0, 0.05) is 18.4 Å². The van der Waals surface area contributed by atoms with Crippen LogP contribution in [-0.2, 0) is 19.4 Å². The Balaban J connectivity index is 1.45. The molecule has 3 rings (SSSR count). The van der Waals surface area contributed by atoms with Crippen molar-refractivity contribution < 1.29 is 9.84 Å². The fraction of sp³-hybridized carbons (Fsp3) is 0.444. The molecule has 1 atom stereocenters. The first-order valence-corrected chi connectivity index (χ1v) is 8.18. The zero-order valence-electron chi connectivity index (χ0n) is 13.2. The summed E-state index contributed by atoms with van der Waals surface area (Å²) in [5, 5.41) is 12.3. The first-order chi connectivity index (χ1) is 11.3. The van der Waals surface area contributed by atoms with Crippen molar-refractivity contribution in [2.45, 2.75) is 38.3 Å². The van der Waals surface area contributed by atoms with E-state index in [9.17, 15) is 0 Å². The maximum absolute atomic E-state index is 8.99. The number of aromatic nitrogens is 2. The van der Waals surface area contributed by atoms with Gasteiger partial charge in [0.05, 0.1) is 18.5 Å². The molecule has 1 aliphatic rings. The molecule has 0 aliphatic carbocycles. The second-order valence-electron chi connectivity index (χ2n) is 5.95. The first-order valence-electron chi connectivity index (χ1n) is 8.18. The maximum atomic E-state index is 8.99. The summed E-state index contributed by atoms with van der Waals surface area (Å²) in [5.41, 5.74) is 3.10. The van der Waals surface area contributed by atoms with Crippen LogP contribution < -0.4 is 10.1 Å². The van der Waals surface area contributed by atoms with E-state index in [2.05, 4.69) is 21.4 Å². The van der Waals surface area contributed by atoms with E-state index in [1.165, 1.54) is 17.5 Å². The van der Waals surface area contributed by atoms with Crippen LogP contribution in [0, 0.1) is 0 Å². The number of hydrogen-bond donors (Lipinski definition) is 2. The molecule has 0 radical (unpaired) electrons. The molecule has 0 unspecified atom stereocenters. The third-order valence-electron chi connectivity index (χ3n) is 4.13. The van der Waals surface area contributed by atoms with Gasteiger partial charge < -0.3 is 15.2 Å². The van der Waals surface area contributed by atoms with Crippen LogP contribution in [0.25, 0.3) is 0 Å². The van der Waals surface area contributed by atoms with Crippen molar-refractivity contribution in [1.29, 1.82) is 0 Å². The molecular formula is C18H23N3O2. The second kappa shape index (κ2) is 8.04. The monoisotopic (exact) mass is 313 g/mol. The van der Waals surface area contributed by atoms with Gasteiger partial charge in [-0.1, -0.05) is 6.07 Å². The number of ether oxygens (including phenoxy) is 1. The minimum atomic E-state index is -0.00484. The van der Waals surface area contributed by atoms with E-state index in [0.29, 0.717) is 18.3 Å². The van der Waals surface area contributed by atoms with Crippen molar-refractivity contribution in [2.75, 3.05) is 13.2 Å². The lowest BCUT2D eigenvalue weighted by atomic mass is 10.1. The lowest BCUT2D eigenvalue weighted by Gasteiger charge is -2.27. The lowest BCUT2D eigenvalue weighted by molar-refractivity contribution is 0.217. The fourth-order valence-electron chi connectivity index (χ4n) is 2.56. The maximum Gasteiger partial charge on any atom is 0.137 e. The highest BCUT2D eigenvalue weighted by Crippen LogP contribution is 2.15. The van der Waals surface area contributed by atoms with Crippen LogP contribution in [0.3, 0.4) is 0 Å². The first kappa shape index (κ1) is 15.9. The molecule has 0 bridgehead atoms. The highest BCUT2D eigenvalue weighted by Gasteiger charge is 2.16. The van der Waals surface area contributed by atoms with Gasteiger partial charge in [0.15, 0.2) is 0 Å². The van der Waals surface area contributed by atoms with Crippen molar-refractivity contribution in [3.05, 3.63) is 53.6 Å². The third-order valence-corrected chi connectivity index (χ3v) is 4.13. The zero-order chi connectivity index (χ0) is 15.9. The van der Waals surface area contributed by atoms with E-state index in [1.54, 1.807) is 6.20 Å². The van der Waals surface area contributed by atoms with Crippen molar-refractivity contribution in [2.24, 2.45) is 0 Å². The molecule has 3 heterocycles. The van der Waals surface area contributed by atoms with E-state index in [-0.39, 0.29) is 6.61 Å². The highest BCUT2D eigenvalue weighted by atomic mass is 16.5. The summed E-state index contributed by atoms with van der Waals surface area (Å²) in [5.74, 6) is 0.852. The van der Waals surface area contributed by atoms with Gasteiger partial charge in [-0.2, -0.15) is 0 Å². The lowest BCUT2D eigenvalue weighted by Crippen LogP contribution is -2.46. The molecule has 0 spiro atoms. The molecular weight excluding hydrogens is 290 g/mol. The summed E-state index contributed by atoms with van der Waals surface area (Å²) in [6.45, 7) is 1.81. The molecule has 2 N–H and O–H groups in total. The van der Waals surface area contributed by atoms with Gasteiger partial charge in [-0.25, -0.2) is 0 Å².